The van der Waals surface area contributed by atoms with Gasteiger partial charge in [-0.2, -0.15) is 4.99 Å². The molecule has 100 valence electrons. The van der Waals surface area contributed by atoms with Gasteiger partial charge in [0.15, 0.2) is 5.96 Å². The van der Waals surface area contributed by atoms with Gasteiger partial charge in [0.1, 0.15) is 0 Å². The largest absolute Gasteiger partial charge is 0.370 e. The molecule has 0 saturated carbocycles. The summed E-state index contributed by atoms with van der Waals surface area (Å²) in [5.41, 5.74) is 15.7. The van der Waals surface area contributed by atoms with Crippen molar-refractivity contribution in [3.63, 3.8) is 0 Å². The fourth-order valence-corrected chi connectivity index (χ4v) is 2.41. The number of hydrogen-bond acceptors (Lipinski definition) is 2. The number of anilines is 1. The van der Waals surface area contributed by atoms with Crippen LogP contribution in [0.4, 0.5) is 5.69 Å². The second-order valence-electron chi connectivity index (χ2n) is 4.48. The van der Waals surface area contributed by atoms with Gasteiger partial charge in [-0.1, -0.05) is 36.4 Å². The van der Waals surface area contributed by atoms with E-state index in [4.69, 9.17) is 22.7 Å². The first-order valence-electron chi connectivity index (χ1n) is 6.05. The van der Waals surface area contributed by atoms with Gasteiger partial charge in [-0.15, -0.1) is 0 Å². The van der Waals surface area contributed by atoms with Gasteiger partial charge in [0.25, 0.3) is 0 Å². The fourth-order valence-electron chi connectivity index (χ4n) is 2.41. The van der Waals surface area contributed by atoms with Crippen LogP contribution >= 0.6 is 0 Å². The van der Waals surface area contributed by atoms with Crippen LogP contribution in [0.25, 0.3) is 22.3 Å². The molecular weight excluding hydrogens is 252 g/mol. The number of nitrogens with one attached hydrogen (secondary N) is 1. The molecule has 2 aromatic carbocycles. The molecule has 0 aliphatic heterocycles. The third kappa shape index (κ3) is 1.70. The molecule has 0 unspecified atom stereocenters. The zero-order chi connectivity index (χ0) is 14.3. The first-order valence-corrected chi connectivity index (χ1v) is 6.05. The summed E-state index contributed by atoms with van der Waals surface area (Å²) in [5, 5.41) is 8.97. The fraction of sp³-hybridized carbons (Fsp3) is 0. The van der Waals surface area contributed by atoms with E-state index >= 15 is 0 Å². The van der Waals surface area contributed by atoms with Crippen molar-refractivity contribution in [2.24, 2.45) is 22.3 Å². The van der Waals surface area contributed by atoms with Gasteiger partial charge in [0.05, 0.1) is 5.69 Å². The maximum absolute atomic E-state index is 7.79. The van der Waals surface area contributed by atoms with Crippen LogP contribution in [0, 0.1) is 5.41 Å². The van der Waals surface area contributed by atoms with E-state index in [0.717, 1.165) is 16.7 Å². The Morgan fingerprint density at radius 2 is 1.60 bits per heavy atom. The Kier molecular flexibility index (Phi) is 2.66. The molecule has 0 radical (unpaired) electrons. The van der Waals surface area contributed by atoms with E-state index < -0.39 is 0 Å². The Morgan fingerprint density at radius 3 is 2.30 bits per heavy atom. The second kappa shape index (κ2) is 4.36. The van der Waals surface area contributed by atoms with E-state index in [0.29, 0.717) is 5.69 Å². The Labute approximate surface area is 116 Å². The van der Waals surface area contributed by atoms with Crippen LogP contribution in [0.3, 0.4) is 0 Å². The average Bonchev–Trinajstić information content (AvgIpc) is 2.42. The standard InChI is InChI=1S/C14H14N6/c15-13(16)19-14(17)20(18)11-7-3-6-10-8-4-1-2-5-9(8)12(10)11/h1-7H,18H2,(H5,15,16,17,19). The highest BCUT2D eigenvalue weighted by atomic mass is 15.5. The summed E-state index contributed by atoms with van der Waals surface area (Å²) in [6, 6.07) is 13.8. The van der Waals surface area contributed by atoms with E-state index in [9.17, 15) is 0 Å². The molecule has 0 amide bonds. The van der Waals surface area contributed by atoms with E-state index in [-0.39, 0.29) is 11.9 Å². The van der Waals surface area contributed by atoms with E-state index in [2.05, 4.69) is 11.1 Å². The lowest BCUT2D eigenvalue weighted by atomic mass is 9.79. The van der Waals surface area contributed by atoms with Crippen LogP contribution in [-0.2, 0) is 0 Å². The molecule has 0 bridgehead atoms. The predicted molar refractivity (Wildman–Crippen MR) is 81.1 cm³/mol. The Morgan fingerprint density at radius 1 is 0.950 bits per heavy atom. The molecule has 6 heteroatoms. The molecule has 0 saturated heterocycles. The zero-order valence-electron chi connectivity index (χ0n) is 10.7. The molecule has 1 aliphatic carbocycles. The number of nitrogens with two attached hydrogens (primary N) is 3. The van der Waals surface area contributed by atoms with E-state index in [1.807, 2.05) is 36.4 Å². The number of fused-ring (bicyclic) bond motifs is 4. The van der Waals surface area contributed by atoms with E-state index in [1.54, 1.807) is 0 Å². The van der Waals surface area contributed by atoms with Crippen molar-refractivity contribution in [1.82, 2.24) is 0 Å². The maximum atomic E-state index is 7.79. The highest BCUT2D eigenvalue weighted by Gasteiger charge is 2.26. The molecule has 7 N–H and O–H groups in total. The van der Waals surface area contributed by atoms with Crippen LogP contribution in [0.15, 0.2) is 47.5 Å². The van der Waals surface area contributed by atoms with Crippen LogP contribution in [0.1, 0.15) is 0 Å². The minimum atomic E-state index is -0.206. The van der Waals surface area contributed by atoms with E-state index in [1.165, 1.54) is 10.6 Å². The normalized spacial score (nSPS) is 10.8. The molecule has 6 nitrogen and oxygen atoms in total. The molecule has 0 aromatic heterocycles. The monoisotopic (exact) mass is 266 g/mol. The Balaban J connectivity index is 2.04. The van der Waals surface area contributed by atoms with Gasteiger partial charge in [0, 0.05) is 5.56 Å². The Hall–Kier alpha value is -2.86. The van der Waals surface area contributed by atoms with Crippen LogP contribution < -0.4 is 22.3 Å². The molecule has 0 fully saturated rings. The first kappa shape index (κ1) is 12.2. The summed E-state index contributed by atoms with van der Waals surface area (Å²) in [6.45, 7) is 0. The highest BCUT2D eigenvalue weighted by Crippen LogP contribution is 2.51. The molecule has 0 atom stereocenters. The number of hydrazine groups is 1. The molecule has 2 aromatic rings. The highest BCUT2D eigenvalue weighted by molar-refractivity contribution is 6.11. The average molecular weight is 266 g/mol. The maximum Gasteiger partial charge on any atom is 0.240 e. The smallest absolute Gasteiger partial charge is 0.240 e. The van der Waals surface area contributed by atoms with Crippen molar-refractivity contribution in [3.05, 3.63) is 42.5 Å². The van der Waals surface area contributed by atoms with Crippen molar-refractivity contribution < 1.29 is 0 Å². The van der Waals surface area contributed by atoms with Crippen molar-refractivity contribution in [2.45, 2.75) is 0 Å². The van der Waals surface area contributed by atoms with Gasteiger partial charge in [-0.05, 0) is 22.8 Å². The lowest BCUT2D eigenvalue weighted by Crippen LogP contribution is -2.39. The summed E-state index contributed by atoms with van der Waals surface area (Å²) in [7, 11) is 0. The molecule has 0 spiro atoms. The van der Waals surface area contributed by atoms with Crippen LogP contribution in [0.5, 0.6) is 0 Å². The molecule has 1 aliphatic rings. The van der Waals surface area contributed by atoms with Crippen LogP contribution in [-0.4, -0.2) is 11.9 Å². The summed E-state index contributed by atoms with van der Waals surface area (Å²) in [4.78, 5) is 3.66. The number of benzene rings is 2. The topological polar surface area (TPSA) is 118 Å². The third-order valence-corrected chi connectivity index (χ3v) is 3.25. The van der Waals surface area contributed by atoms with Gasteiger partial charge in [-0.3, -0.25) is 5.41 Å². The van der Waals surface area contributed by atoms with Gasteiger partial charge in [-0.25, -0.2) is 10.9 Å². The quantitative estimate of drug-likeness (QED) is 0.229. The zero-order valence-corrected chi connectivity index (χ0v) is 10.7. The third-order valence-electron chi connectivity index (χ3n) is 3.25. The Bertz CT molecular complexity index is 730. The lowest BCUT2D eigenvalue weighted by Gasteiger charge is -2.29. The minimum absolute atomic E-state index is 0.194. The van der Waals surface area contributed by atoms with Crippen molar-refractivity contribution in [1.29, 1.82) is 5.41 Å². The van der Waals surface area contributed by atoms with Crippen molar-refractivity contribution >= 4 is 17.6 Å². The van der Waals surface area contributed by atoms with Gasteiger partial charge < -0.3 is 11.5 Å². The number of rotatable bonds is 1. The summed E-state index contributed by atoms with van der Waals surface area (Å²) >= 11 is 0. The predicted octanol–water partition coefficient (Wildman–Crippen LogP) is 1.22. The van der Waals surface area contributed by atoms with Gasteiger partial charge >= 0.3 is 0 Å². The summed E-state index contributed by atoms with van der Waals surface area (Å²) in [6.07, 6.45) is 0. The minimum Gasteiger partial charge on any atom is -0.370 e. The molecule has 3 rings (SSSR count). The second-order valence-corrected chi connectivity index (χ2v) is 4.48. The lowest BCUT2D eigenvalue weighted by molar-refractivity contribution is 1.09. The van der Waals surface area contributed by atoms with Crippen molar-refractivity contribution in [2.75, 3.05) is 5.01 Å². The first-order chi connectivity index (χ1) is 9.59. The number of nitrogens with zero attached hydrogens (tertiary/aromatic N) is 2. The number of hydrogen-bond donors (Lipinski definition) is 4. The van der Waals surface area contributed by atoms with Crippen LogP contribution in [0.2, 0.25) is 0 Å². The molecule has 20 heavy (non-hydrogen) atoms. The molecule has 0 heterocycles. The summed E-state index contributed by atoms with van der Waals surface area (Å²) in [5.74, 6) is 5.54. The van der Waals surface area contributed by atoms with Gasteiger partial charge in [0.2, 0.25) is 5.96 Å². The number of aliphatic imine (C=N–C) groups is 1. The summed E-state index contributed by atoms with van der Waals surface area (Å²) < 4.78 is 0. The number of guanidine groups is 2. The van der Waals surface area contributed by atoms with Crippen molar-refractivity contribution in [3.8, 4) is 22.3 Å². The molecular formula is C14H14N6. The SMILES string of the molecule is N=C(N=C(N)N)N(N)c1cccc2c1-c1ccccc1-2.